The highest BCUT2D eigenvalue weighted by Crippen LogP contribution is 2.15. The summed E-state index contributed by atoms with van der Waals surface area (Å²) in [5, 5.41) is 9.64. The molecule has 0 aromatic heterocycles. The van der Waals surface area contributed by atoms with Crippen LogP contribution in [0.3, 0.4) is 0 Å². The Labute approximate surface area is 408 Å². The number of aliphatic hydroxyl groups excluding tert-OH is 1. The fourth-order valence-electron chi connectivity index (χ4n) is 7.71. The van der Waals surface area contributed by atoms with Gasteiger partial charge in [-0.15, -0.1) is 0 Å². The van der Waals surface area contributed by atoms with Gasteiger partial charge in [-0.05, 0) is 96.3 Å². The molecule has 0 aliphatic rings. The van der Waals surface area contributed by atoms with Crippen molar-refractivity contribution >= 4 is 11.9 Å². The summed E-state index contributed by atoms with van der Waals surface area (Å²) in [5.41, 5.74) is 0. The number of hydrogen-bond donors (Lipinski definition) is 1. The first kappa shape index (κ1) is 62.8. The molecule has 0 saturated heterocycles. The highest BCUT2D eigenvalue weighted by molar-refractivity contribution is 5.70. The monoisotopic (exact) mass is 917 g/mol. The summed E-state index contributed by atoms with van der Waals surface area (Å²) in [6, 6.07) is 0. The maximum atomic E-state index is 12.3. The fourth-order valence-corrected chi connectivity index (χ4v) is 7.71. The fraction of sp³-hybridized carbons (Fsp3) is 0.705. The third kappa shape index (κ3) is 53.4. The number of rotatable bonds is 50. The van der Waals surface area contributed by atoms with E-state index in [-0.39, 0.29) is 25.2 Å². The summed E-state index contributed by atoms with van der Waals surface area (Å²) in [5.74, 6) is -0.612. The normalized spacial score (nSPS) is 13.0. The van der Waals surface area contributed by atoms with Crippen molar-refractivity contribution in [3.8, 4) is 0 Å². The van der Waals surface area contributed by atoms with Crippen molar-refractivity contribution in [2.75, 3.05) is 13.2 Å². The molecule has 0 spiro atoms. The van der Waals surface area contributed by atoms with Gasteiger partial charge in [0.1, 0.15) is 6.61 Å². The minimum absolute atomic E-state index is 0.0777. The molecule has 1 unspecified atom stereocenters. The molecule has 0 fully saturated rings. The molecule has 5 nitrogen and oxygen atoms in total. The van der Waals surface area contributed by atoms with E-state index in [9.17, 15) is 14.7 Å². The van der Waals surface area contributed by atoms with Crippen LogP contribution in [0.5, 0.6) is 0 Å². The maximum absolute atomic E-state index is 12.3. The zero-order valence-corrected chi connectivity index (χ0v) is 43.2. The zero-order valence-electron chi connectivity index (χ0n) is 43.2. The Morgan fingerprint density at radius 3 is 0.985 bits per heavy atom. The first-order valence-corrected chi connectivity index (χ1v) is 27.8. The van der Waals surface area contributed by atoms with Gasteiger partial charge in [-0.25, -0.2) is 0 Å². The molecule has 0 aromatic carbocycles. The van der Waals surface area contributed by atoms with Gasteiger partial charge in [0.25, 0.3) is 0 Å². The largest absolute Gasteiger partial charge is 0.462 e. The van der Waals surface area contributed by atoms with E-state index in [1.165, 1.54) is 128 Å². The van der Waals surface area contributed by atoms with Gasteiger partial charge >= 0.3 is 11.9 Å². The summed E-state index contributed by atoms with van der Waals surface area (Å²) in [4.78, 5) is 24.5. The lowest BCUT2D eigenvalue weighted by atomic mass is 10.0. The molecule has 1 N–H and O–H groups in total. The van der Waals surface area contributed by atoms with E-state index < -0.39 is 6.10 Å². The Morgan fingerprint density at radius 1 is 0.364 bits per heavy atom. The molecule has 0 amide bonds. The van der Waals surface area contributed by atoms with E-state index in [2.05, 4.69) is 111 Å². The molecule has 1 atom stereocenters. The van der Waals surface area contributed by atoms with Crippen LogP contribution < -0.4 is 0 Å². The molecular formula is C61H104O5. The lowest BCUT2D eigenvalue weighted by Crippen LogP contribution is -2.28. The molecule has 0 heterocycles. The van der Waals surface area contributed by atoms with Crippen molar-refractivity contribution in [3.05, 3.63) is 97.2 Å². The Balaban J connectivity index is 3.52. The topological polar surface area (TPSA) is 72.8 Å². The minimum atomic E-state index is -0.788. The van der Waals surface area contributed by atoms with E-state index >= 15 is 0 Å². The molecule has 0 aliphatic carbocycles. The predicted octanol–water partition coefficient (Wildman–Crippen LogP) is 18.7. The second-order valence-corrected chi connectivity index (χ2v) is 18.3. The molecule has 0 aliphatic heterocycles. The molecule has 5 heteroatoms. The van der Waals surface area contributed by atoms with Crippen LogP contribution in [-0.2, 0) is 19.1 Å². The second-order valence-electron chi connectivity index (χ2n) is 18.3. The van der Waals surface area contributed by atoms with Crippen molar-refractivity contribution in [1.82, 2.24) is 0 Å². The highest BCUT2D eigenvalue weighted by atomic mass is 16.6. The van der Waals surface area contributed by atoms with Gasteiger partial charge in [0.2, 0.25) is 0 Å². The Hall–Kier alpha value is -3.18. The third-order valence-electron chi connectivity index (χ3n) is 11.9. The molecule has 0 rings (SSSR count). The summed E-state index contributed by atoms with van der Waals surface area (Å²) < 4.78 is 10.7. The van der Waals surface area contributed by atoms with Gasteiger partial charge in [-0.3, -0.25) is 9.59 Å². The minimum Gasteiger partial charge on any atom is -0.462 e. The maximum Gasteiger partial charge on any atom is 0.306 e. The van der Waals surface area contributed by atoms with Crippen LogP contribution in [0, 0.1) is 0 Å². The average molecular weight is 917 g/mol. The Morgan fingerprint density at radius 2 is 0.652 bits per heavy atom. The number of unbranched alkanes of at least 4 members (excludes halogenated alkanes) is 26. The van der Waals surface area contributed by atoms with Crippen LogP contribution in [0.2, 0.25) is 0 Å². The number of aliphatic hydroxyl groups is 1. The van der Waals surface area contributed by atoms with E-state index in [1.807, 2.05) is 0 Å². The predicted molar refractivity (Wildman–Crippen MR) is 288 cm³/mol. The quantitative estimate of drug-likeness (QED) is 0.0374. The van der Waals surface area contributed by atoms with Crippen molar-refractivity contribution in [2.24, 2.45) is 0 Å². The van der Waals surface area contributed by atoms with Gasteiger partial charge < -0.3 is 14.6 Å². The van der Waals surface area contributed by atoms with E-state index in [0.717, 1.165) is 103 Å². The van der Waals surface area contributed by atoms with Crippen molar-refractivity contribution in [1.29, 1.82) is 0 Å². The number of carbonyl (C=O) groups is 2. The van der Waals surface area contributed by atoms with Crippen LogP contribution in [0.4, 0.5) is 0 Å². The second kappa shape index (κ2) is 56.1. The van der Waals surface area contributed by atoms with Crippen LogP contribution in [0.1, 0.15) is 258 Å². The number of ether oxygens (including phenoxy) is 2. The smallest absolute Gasteiger partial charge is 0.306 e. The summed E-state index contributed by atoms with van der Waals surface area (Å²) >= 11 is 0. The van der Waals surface area contributed by atoms with E-state index in [0.29, 0.717) is 12.8 Å². The lowest BCUT2D eigenvalue weighted by molar-refractivity contribution is -0.161. The van der Waals surface area contributed by atoms with Gasteiger partial charge in [0.15, 0.2) is 6.10 Å². The van der Waals surface area contributed by atoms with Gasteiger partial charge in [0.05, 0.1) is 6.61 Å². The van der Waals surface area contributed by atoms with Crippen LogP contribution in [0.25, 0.3) is 0 Å². The summed E-state index contributed by atoms with van der Waals surface area (Å²) in [6.45, 7) is 4.01. The van der Waals surface area contributed by atoms with Crippen LogP contribution >= 0.6 is 0 Å². The van der Waals surface area contributed by atoms with Gasteiger partial charge in [0, 0.05) is 12.8 Å². The van der Waals surface area contributed by atoms with Gasteiger partial charge in [-0.1, -0.05) is 246 Å². The number of allylic oxidation sites excluding steroid dienone is 16. The first-order chi connectivity index (χ1) is 32.6. The van der Waals surface area contributed by atoms with Crippen molar-refractivity contribution < 1.29 is 24.2 Å². The van der Waals surface area contributed by atoms with Crippen molar-refractivity contribution in [2.45, 2.75) is 264 Å². The third-order valence-corrected chi connectivity index (χ3v) is 11.9. The Kier molecular flexibility index (Phi) is 53.4. The van der Waals surface area contributed by atoms with Crippen molar-refractivity contribution in [3.63, 3.8) is 0 Å². The SMILES string of the molecule is CC/C=C\C/C=C\C/C=C\C/C=C\C/C=C\CCCCCCCC(=O)OC(CO)COC(=O)CCCCCCCCCCCCCCCCCC/C=C\C/C=C\C/C=C\CCCCCCC. The highest BCUT2D eigenvalue weighted by Gasteiger charge is 2.16. The van der Waals surface area contributed by atoms with Crippen LogP contribution in [-0.4, -0.2) is 36.4 Å². The molecule has 378 valence electrons. The molecule has 0 aromatic rings. The number of carbonyl (C=O) groups excluding carboxylic acids is 2. The number of esters is 2. The molecule has 0 radical (unpaired) electrons. The summed E-state index contributed by atoms with van der Waals surface area (Å²) in [7, 11) is 0. The van der Waals surface area contributed by atoms with E-state index in [4.69, 9.17) is 9.47 Å². The number of hydrogen-bond acceptors (Lipinski definition) is 5. The van der Waals surface area contributed by atoms with E-state index in [1.54, 1.807) is 0 Å². The molecule has 0 bridgehead atoms. The molecule has 0 saturated carbocycles. The lowest BCUT2D eigenvalue weighted by Gasteiger charge is -2.15. The molecule has 66 heavy (non-hydrogen) atoms. The Bertz CT molecular complexity index is 1270. The zero-order chi connectivity index (χ0) is 47.7. The first-order valence-electron chi connectivity index (χ1n) is 27.8. The van der Waals surface area contributed by atoms with Gasteiger partial charge in [-0.2, -0.15) is 0 Å². The average Bonchev–Trinajstić information content (AvgIpc) is 3.32. The summed E-state index contributed by atoms with van der Waals surface area (Å²) in [6.07, 6.45) is 79.4. The molecular weight excluding hydrogens is 813 g/mol. The van der Waals surface area contributed by atoms with Crippen LogP contribution in [0.15, 0.2) is 97.2 Å². The standard InChI is InChI=1S/C61H104O5/c1-3-5-7-9-11-13-15-17-19-21-23-25-26-27-28-29-30-31-32-33-34-36-37-39-41-43-45-47-49-51-53-55-60(63)65-58-59(57-62)66-61(64)56-54-52-50-48-46-44-42-40-38-35-24-22-20-18-16-14-12-10-8-6-4-2/h6,8,12,14-15,17-18,20-21,23-24,26-27,35,40,42,59,62H,3-5,7,9-11,13,16,19,22,25,28-34,36-39,41,43-58H2,1-2H3/b8-6-,14-12-,17-15-,20-18-,23-21-,27-26-,35-24-,42-40-.